The zero-order valence-corrected chi connectivity index (χ0v) is 8.58. The molecule has 0 unspecified atom stereocenters. The molecule has 0 aromatic heterocycles. The van der Waals surface area contributed by atoms with Crippen LogP contribution in [-0.4, -0.2) is 16.0 Å². The molecular formula is C11H8N2O4. The molecule has 6 nitrogen and oxygen atoms in total. The Morgan fingerprint density at radius 2 is 1.88 bits per heavy atom. The van der Waals surface area contributed by atoms with Crippen molar-refractivity contribution >= 4 is 28.1 Å². The standard InChI is InChI=1S/C11H8N2O4/c12-8-5-9(13(16)17)6-3-1-2-4-7(6)10(8)11(14)15/h1-5H,12H2,(H,14,15). The van der Waals surface area contributed by atoms with Gasteiger partial charge in [0.05, 0.1) is 21.6 Å². The number of carbonyl (C=O) groups is 1. The number of non-ortho nitro benzene ring substituents is 1. The number of nitro groups is 1. The molecule has 0 amide bonds. The summed E-state index contributed by atoms with van der Waals surface area (Å²) >= 11 is 0. The van der Waals surface area contributed by atoms with Gasteiger partial charge in [0, 0.05) is 11.5 Å². The lowest BCUT2D eigenvalue weighted by Crippen LogP contribution is -2.05. The van der Waals surface area contributed by atoms with Gasteiger partial charge < -0.3 is 10.8 Å². The summed E-state index contributed by atoms with van der Waals surface area (Å²) in [6, 6.07) is 7.29. The fourth-order valence-corrected chi connectivity index (χ4v) is 1.77. The Morgan fingerprint density at radius 1 is 1.29 bits per heavy atom. The lowest BCUT2D eigenvalue weighted by molar-refractivity contribution is -0.383. The van der Waals surface area contributed by atoms with Crippen molar-refractivity contribution in [2.75, 3.05) is 5.73 Å². The first kappa shape index (κ1) is 10.9. The quantitative estimate of drug-likeness (QED) is 0.468. The first-order chi connectivity index (χ1) is 8.02. The minimum atomic E-state index is -1.20. The van der Waals surface area contributed by atoms with Crippen LogP contribution in [0, 0.1) is 10.1 Å². The monoisotopic (exact) mass is 232 g/mol. The lowest BCUT2D eigenvalue weighted by atomic mass is 10.0. The van der Waals surface area contributed by atoms with Crippen molar-refractivity contribution in [2.45, 2.75) is 0 Å². The van der Waals surface area contributed by atoms with Gasteiger partial charge in [-0.05, 0) is 6.07 Å². The number of nitrogen functional groups attached to an aromatic ring is 1. The summed E-state index contributed by atoms with van der Waals surface area (Å²) in [5.74, 6) is -1.20. The molecule has 0 atom stereocenters. The second-order valence-corrected chi connectivity index (χ2v) is 3.47. The van der Waals surface area contributed by atoms with Gasteiger partial charge in [0.1, 0.15) is 0 Å². The summed E-state index contributed by atoms with van der Waals surface area (Å²) in [4.78, 5) is 21.3. The van der Waals surface area contributed by atoms with Crippen molar-refractivity contribution in [1.29, 1.82) is 0 Å². The molecule has 0 saturated carbocycles. The third kappa shape index (κ3) is 1.65. The molecule has 3 N–H and O–H groups in total. The van der Waals surface area contributed by atoms with Crippen molar-refractivity contribution < 1.29 is 14.8 Å². The van der Waals surface area contributed by atoms with Crippen molar-refractivity contribution in [3.05, 3.63) is 46.0 Å². The Hall–Kier alpha value is -2.63. The molecule has 0 aliphatic rings. The van der Waals surface area contributed by atoms with Crippen molar-refractivity contribution in [1.82, 2.24) is 0 Å². The number of rotatable bonds is 2. The van der Waals surface area contributed by atoms with Crippen LogP contribution in [0.2, 0.25) is 0 Å². The highest BCUT2D eigenvalue weighted by atomic mass is 16.6. The SMILES string of the molecule is Nc1cc([N+](=O)[O-])c2ccccc2c1C(=O)O. The summed E-state index contributed by atoms with van der Waals surface area (Å²) in [6.45, 7) is 0. The van der Waals surface area contributed by atoms with Gasteiger partial charge >= 0.3 is 5.97 Å². The Labute approximate surface area is 95.4 Å². The van der Waals surface area contributed by atoms with E-state index in [1.165, 1.54) is 12.1 Å². The van der Waals surface area contributed by atoms with E-state index < -0.39 is 10.9 Å². The van der Waals surface area contributed by atoms with Gasteiger partial charge in [0.15, 0.2) is 0 Å². The second-order valence-electron chi connectivity index (χ2n) is 3.47. The van der Waals surface area contributed by atoms with E-state index in [1.807, 2.05) is 0 Å². The Kier molecular flexibility index (Phi) is 2.40. The molecule has 2 aromatic rings. The molecule has 0 saturated heterocycles. The van der Waals surface area contributed by atoms with Crippen molar-refractivity contribution in [3.8, 4) is 0 Å². The van der Waals surface area contributed by atoms with E-state index in [2.05, 4.69) is 0 Å². The number of nitrogens with two attached hydrogens (primary N) is 1. The molecule has 0 radical (unpaired) electrons. The molecule has 0 bridgehead atoms. The van der Waals surface area contributed by atoms with Gasteiger partial charge in [-0.2, -0.15) is 0 Å². The third-order valence-corrected chi connectivity index (χ3v) is 2.46. The first-order valence-electron chi connectivity index (χ1n) is 4.71. The van der Waals surface area contributed by atoms with Gasteiger partial charge in [0.2, 0.25) is 0 Å². The predicted molar refractivity (Wildman–Crippen MR) is 62.0 cm³/mol. The number of anilines is 1. The third-order valence-electron chi connectivity index (χ3n) is 2.46. The topological polar surface area (TPSA) is 106 Å². The van der Waals surface area contributed by atoms with E-state index in [4.69, 9.17) is 10.8 Å². The van der Waals surface area contributed by atoms with Crippen LogP contribution in [0.25, 0.3) is 10.8 Å². The highest BCUT2D eigenvalue weighted by molar-refractivity contribution is 6.11. The van der Waals surface area contributed by atoms with Crippen LogP contribution >= 0.6 is 0 Å². The van der Waals surface area contributed by atoms with Crippen molar-refractivity contribution in [2.24, 2.45) is 0 Å². The van der Waals surface area contributed by atoms with E-state index in [9.17, 15) is 14.9 Å². The zero-order valence-electron chi connectivity index (χ0n) is 8.58. The average molecular weight is 232 g/mol. The van der Waals surface area contributed by atoms with Crippen molar-refractivity contribution in [3.63, 3.8) is 0 Å². The van der Waals surface area contributed by atoms with Crippen LogP contribution in [-0.2, 0) is 0 Å². The molecule has 2 aromatic carbocycles. The maximum Gasteiger partial charge on any atom is 0.338 e. The minimum Gasteiger partial charge on any atom is -0.478 e. The molecule has 17 heavy (non-hydrogen) atoms. The predicted octanol–water partition coefficient (Wildman–Crippen LogP) is 2.03. The maximum atomic E-state index is 11.1. The van der Waals surface area contributed by atoms with Gasteiger partial charge in [0.25, 0.3) is 5.69 Å². The molecule has 0 aliphatic carbocycles. The maximum absolute atomic E-state index is 11.1. The normalized spacial score (nSPS) is 10.4. The van der Waals surface area contributed by atoms with E-state index >= 15 is 0 Å². The van der Waals surface area contributed by atoms with Gasteiger partial charge in [-0.25, -0.2) is 4.79 Å². The Balaban J connectivity index is 2.97. The number of hydrogen-bond acceptors (Lipinski definition) is 4. The molecule has 0 spiro atoms. The highest BCUT2D eigenvalue weighted by Crippen LogP contribution is 2.32. The molecule has 86 valence electrons. The average Bonchev–Trinajstić information content (AvgIpc) is 2.27. The molecular weight excluding hydrogens is 224 g/mol. The van der Waals surface area contributed by atoms with Crippen LogP contribution < -0.4 is 5.73 Å². The molecule has 6 heteroatoms. The van der Waals surface area contributed by atoms with Crippen LogP contribution in [0.15, 0.2) is 30.3 Å². The van der Waals surface area contributed by atoms with E-state index in [0.29, 0.717) is 0 Å². The molecule has 0 aliphatic heterocycles. The lowest BCUT2D eigenvalue weighted by Gasteiger charge is -2.06. The number of aromatic carboxylic acids is 1. The fraction of sp³-hybridized carbons (Fsp3) is 0. The number of carboxylic acid groups (broad SMARTS) is 1. The van der Waals surface area contributed by atoms with Gasteiger partial charge in [-0.3, -0.25) is 10.1 Å². The first-order valence-corrected chi connectivity index (χ1v) is 4.71. The smallest absolute Gasteiger partial charge is 0.338 e. The molecule has 2 rings (SSSR count). The summed E-state index contributed by atoms with van der Waals surface area (Å²) < 4.78 is 0. The van der Waals surface area contributed by atoms with E-state index in [1.54, 1.807) is 12.1 Å². The van der Waals surface area contributed by atoms with Crippen LogP contribution in [0.3, 0.4) is 0 Å². The number of benzene rings is 2. The van der Waals surface area contributed by atoms with Crippen LogP contribution in [0.1, 0.15) is 10.4 Å². The van der Waals surface area contributed by atoms with Crippen LogP contribution in [0.4, 0.5) is 11.4 Å². The molecule has 0 heterocycles. The van der Waals surface area contributed by atoms with Gasteiger partial charge in [-0.1, -0.05) is 18.2 Å². The van der Waals surface area contributed by atoms with E-state index in [-0.39, 0.29) is 27.7 Å². The number of fused-ring (bicyclic) bond motifs is 1. The summed E-state index contributed by atoms with van der Waals surface area (Å²) in [6.07, 6.45) is 0. The summed E-state index contributed by atoms with van der Waals surface area (Å²) in [5.41, 5.74) is 5.14. The fourth-order valence-electron chi connectivity index (χ4n) is 1.77. The number of nitrogens with zero attached hydrogens (tertiary/aromatic N) is 1. The number of nitro benzene ring substituents is 1. The summed E-state index contributed by atoms with van der Waals surface area (Å²) in [7, 11) is 0. The largest absolute Gasteiger partial charge is 0.478 e. The Bertz CT molecular complexity index is 637. The zero-order chi connectivity index (χ0) is 12.6. The number of hydrogen-bond donors (Lipinski definition) is 2. The Morgan fingerprint density at radius 3 is 2.41 bits per heavy atom. The molecule has 0 fully saturated rings. The van der Waals surface area contributed by atoms with E-state index in [0.717, 1.165) is 6.07 Å². The van der Waals surface area contributed by atoms with Gasteiger partial charge in [-0.15, -0.1) is 0 Å². The summed E-state index contributed by atoms with van der Waals surface area (Å²) in [5, 5.41) is 20.4. The van der Waals surface area contributed by atoms with Crippen LogP contribution in [0.5, 0.6) is 0 Å². The minimum absolute atomic E-state index is 0.105. The highest BCUT2D eigenvalue weighted by Gasteiger charge is 2.20. The number of carboxylic acids is 1. The second kappa shape index (κ2) is 3.75.